The molecular weight excluding hydrogens is 374 g/mol. The lowest BCUT2D eigenvalue weighted by Gasteiger charge is -2.09. The molecule has 148 valence electrons. The third-order valence-corrected chi connectivity index (χ3v) is 3.56. The van der Waals surface area contributed by atoms with E-state index in [1.54, 1.807) is 48.5 Å². The first-order valence-corrected chi connectivity index (χ1v) is 8.81. The summed E-state index contributed by atoms with van der Waals surface area (Å²) in [4.78, 5) is 23.4. The van der Waals surface area contributed by atoms with Crippen molar-refractivity contribution in [3.05, 3.63) is 84.9 Å². The number of esters is 1. The van der Waals surface area contributed by atoms with Crippen LogP contribution < -0.4 is 19.5 Å². The maximum Gasteiger partial charge on any atom is 0.415 e. The van der Waals surface area contributed by atoms with Crippen molar-refractivity contribution in [1.29, 1.82) is 0 Å². The quantitative estimate of drug-likeness (QED) is 0.457. The van der Waals surface area contributed by atoms with Gasteiger partial charge in [-0.05, 0) is 48.5 Å². The lowest BCUT2D eigenvalue weighted by Crippen LogP contribution is -2.31. The van der Waals surface area contributed by atoms with Crippen LogP contribution in [0.25, 0.3) is 0 Å². The van der Waals surface area contributed by atoms with Crippen LogP contribution >= 0.6 is 0 Å². The van der Waals surface area contributed by atoms with E-state index in [2.05, 4.69) is 5.32 Å². The number of ether oxygens (including phenoxy) is 4. The second kappa shape index (κ2) is 10.4. The number of benzene rings is 3. The van der Waals surface area contributed by atoms with Crippen molar-refractivity contribution >= 4 is 12.1 Å². The van der Waals surface area contributed by atoms with Gasteiger partial charge in [-0.15, -0.1) is 0 Å². The summed E-state index contributed by atoms with van der Waals surface area (Å²) in [6.45, 7) is -0.589. The molecular formula is C22H19NO6. The van der Waals surface area contributed by atoms with E-state index < -0.39 is 12.1 Å². The molecule has 0 bridgehead atoms. The standard InChI is InChI=1S/C22H19NO6/c24-21(15-26-17-7-3-1-4-8-17)27-16-23-22(25)29-20-13-11-19(12-14-20)28-18-9-5-2-6-10-18/h1-14H,15-16H2,(H,23,25). The molecule has 1 N–H and O–H groups in total. The molecule has 0 atom stereocenters. The monoisotopic (exact) mass is 393 g/mol. The Morgan fingerprint density at radius 3 is 1.90 bits per heavy atom. The lowest BCUT2D eigenvalue weighted by atomic mass is 10.3. The molecule has 0 radical (unpaired) electrons. The fraction of sp³-hybridized carbons (Fsp3) is 0.0909. The molecule has 0 aliphatic carbocycles. The molecule has 7 heteroatoms. The van der Waals surface area contributed by atoms with Gasteiger partial charge >= 0.3 is 12.1 Å². The van der Waals surface area contributed by atoms with E-state index in [4.69, 9.17) is 18.9 Å². The Morgan fingerprint density at radius 1 is 0.690 bits per heavy atom. The first-order chi connectivity index (χ1) is 14.2. The number of carbonyl (C=O) groups is 2. The minimum absolute atomic E-state index is 0.260. The Hall–Kier alpha value is -4.00. The van der Waals surface area contributed by atoms with Crippen LogP contribution in [0.1, 0.15) is 0 Å². The average Bonchev–Trinajstić information content (AvgIpc) is 2.75. The van der Waals surface area contributed by atoms with Gasteiger partial charge in [0, 0.05) is 0 Å². The van der Waals surface area contributed by atoms with Crippen LogP contribution in [0.3, 0.4) is 0 Å². The summed E-state index contributed by atoms with van der Waals surface area (Å²) in [7, 11) is 0. The van der Waals surface area contributed by atoms with E-state index in [1.165, 1.54) is 0 Å². The van der Waals surface area contributed by atoms with Gasteiger partial charge in [0.05, 0.1) is 0 Å². The van der Waals surface area contributed by atoms with Crippen molar-refractivity contribution in [1.82, 2.24) is 5.32 Å². The highest BCUT2D eigenvalue weighted by molar-refractivity contribution is 5.72. The summed E-state index contributed by atoms with van der Waals surface area (Å²) in [5.74, 6) is 1.57. The van der Waals surface area contributed by atoms with Crippen LogP contribution in [0.2, 0.25) is 0 Å². The summed E-state index contributed by atoms with van der Waals surface area (Å²) in [6.07, 6.45) is -0.751. The maximum atomic E-state index is 11.8. The Bertz CT molecular complexity index is 913. The minimum Gasteiger partial charge on any atom is -0.482 e. The predicted molar refractivity (Wildman–Crippen MR) is 105 cm³/mol. The number of hydrogen-bond acceptors (Lipinski definition) is 6. The number of rotatable bonds is 8. The Balaban J connectivity index is 1.35. The molecule has 3 aromatic rings. The van der Waals surface area contributed by atoms with Crippen LogP contribution in [0, 0.1) is 0 Å². The number of nitrogens with one attached hydrogen (secondary N) is 1. The van der Waals surface area contributed by atoms with Gasteiger partial charge in [0.25, 0.3) is 0 Å². The molecule has 0 aromatic heterocycles. The topological polar surface area (TPSA) is 83.1 Å². The highest BCUT2D eigenvalue weighted by Gasteiger charge is 2.08. The van der Waals surface area contributed by atoms with E-state index in [1.807, 2.05) is 36.4 Å². The lowest BCUT2D eigenvalue weighted by molar-refractivity contribution is -0.146. The van der Waals surface area contributed by atoms with Crippen molar-refractivity contribution in [2.24, 2.45) is 0 Å². The van der Waals surface area contributed by atoms with Gasteiger partial charge in [-0.25, -0.2) is 9.59 Å². The molecule has 0 saturated carbocycles. The SMILES string of the molecule is O=C(COc1ccccc1)OCNC(=O)Oc1ccc(Oc2ccccc2)cc1. The highest BCUT2D eigenvalue weighted by Crippen LogP contribution is 2.23. The maximum absolute atomic E-state index is 11.8. The van der Waals surface area contributed by atoms with Crippen molar-refractivity contribution < 1.29 is 28.5 Å². The number of amides is 1. The second-order valence-corrected chi connectivity index (χ2v) is 5.72. The summed E-state index contributed by atoms with van der Waals surface area (Å²) >= 11 is 0. The van der Waals surface area contributed by atoms with E-state index in [-0.39, 0.29) is 13.3 Å². The molecule has 0 aliphatic heterocycles. The van der Waals surface area contributed by atoms with E-state index in [9.17, 15) is 9.59 Å². The molecule has 3 rings (SSSR count). The molecule has 0 spiro atoms. The van der Waals surface area contributed by atoms with Gasteiger partial charge < -0.3 is 18.9 Å². The number of para-hydroxylation sites is 2. The van der Waals surface area contributed by atoms with Crippen LogP contribution in [0.4, 0.5) is 4.79 Å². The predicted octanol–water partition coefficient (Wildman–Crippen LogP) is 4.15. The third-order valence-electron chi connectivity index (χ3n) is 3.56. The third kappa shape index (κ3) is 6.91. The zero-order valence-electron chi connectivity index (χ0n) is 15.4. The first-order valence-electron chi connectivity index (χ1n) is 8.81. The smallest absolute Gasteiger partial charge is 0.415 e. The first kappa shape index (κ1) is 19.8. The zero-order chi connectivity index (χ0) is 20.3. The van der Waals surface area contributed by atoms with E-state index in [0.717, 1.165) is 0 Å². The minimum atomic E-state index is -0.751. The van der Waals surface area contributed by atoms with Gasteiger partial charge in [-0.2, -0.15) is 0 Å². The van der Waals surface area contributed by atoms with Crippen molar-refractivity contribution in [3.63, 3.8) is 0 Å². The molecule has 7 nitrogen and oxygen atoms in total. The second-order valence-electron chi connectivity index (χ2n) is 5.72. The number of hydrogen-bond donors (Lipinski definition) is 1. The molecule has 0 heterocycles. The molecule has 0 aliphatic rings. The molecule has 0 fully saturated rings. The van der Waals surface area contributed by atoms with Gasteiger partial charge in [-0.1, -0.05) is 36.4 Å². The summed E-state index contributed by atoms with van der Waals surface area (Å²) in [5, 5.41) is 2.32. The van der Waals surface area contributed by atoms with E-state index >= 15 is 0 Å². The van der Waals surface area contributed by atoms with Gasteiger partial charge in [-0.3, -0.25) is 5.32 Å². The summed E-state index contributed by atoms with van der Waals surface area (Å²) in [5.41, 5.74) is 0. The molecule has 3 aromatic carbocycles. The fourth-order valence-electron chi connectivity index (χ4n) is 2.22. The van der Waals surface area contributed by atoms with Crippen LogP contribution in [0.5, 0.6) is 23.0 Å². The largest absolute Gasteiger partial charge is 0.482 e. The van der Waals surface area contributed by atoms with Gasteiger partial charge in [0.15, 0.2) is 13.3 Å². The zero-order valence-corrected chi connectivity index (χ0v) is 15.4. The van der Waals surface area contributed by atoms with Gasteiger partial charge in [0.1, 0.15) is 23.0 Å². The van der Waals surface area contributed by atoms with Crippen molar-refractivity contribution in [2.75, 3.05) is 13.3 Å². The average molecular weight is 393 g/mol. The normalized spacial score (nSPS) is 9.93. The molecule has 29 heavy (non-hydrogen) atoms. The summed E-state index contributed by atoms with van der Waals surface area (Å²) in [6, 6.07) is 24.7. The molecule has 1 amide bonds. The Kier molecular flexibility index (Phi) is 7.06. The van der Waals surface area contributed by atoms with Crippen LogP contribution in [0.15, 0.2) is 84.9 Å². The number of carbonyl (C=O) groups excluding carboxylic acids is 2. The Morgan fingerprint density at radius 2 is 1.24 bits per heavy atom. The van der Waals surface area contributed by atoms with Crippen LogP contribution in [-0.4, -0.2) is 25.4 Å². The van der Waals surface area contributed by atoms with Gasteiger partial charge in [0.2, 0.25) is 0 Å². The molecule has 0 saturated heterocycles. The van der Waals surface area contributed by atoms with Crippen molar-refractivity contribution in [2.45, 2.75) is 0 Å². The van der Waals surface area contributed by atoms with Crippen LogP contribution in [-0.2, 0) is 9.53 Å². The van der Waals surface area contributed by atoms with E-state index in [0.29, 0.717) is 23.0 Å². The highest BCUT2D eigenvalue weighted by atomic mass is 16.6. The van der Waals surface area contributed by atoms with Crippen molar-refractivity contribution in [3.8, 4) is 23.0 Å². The fourth-order valence-corrected chi connectivity index (χ4v) is 2.22. The Labute approximate surface area is 167 Å². The molecule has 0 unspecified atom stereocenters. The summed E-state index contributed by atoms with van der Waals surface area (Å²) < 4.78 is 20.9.